The van der Waals surface area contributed by atoms with Gasteiger partial charge in [-0.25, -0.2) is 8.78 Å². The smallest absolute Gasteiger partial charge is 0.257 e. The molecule has 7 heteroatoms. The Hall–Kier alpha value is -1.14. The molecule has 0 aliphatic rings. The Morgan fingerprint density at radius 3 is 2.69 bits per heavy atom. The van der Waals surface area contributed by atoms with E-state index in [1.807, 2.05) is 0 Å². The van der Waals surface area contributed by atoms with E-state index in [0.717, 1.165) is 4.90 Å². The van der Waals surface area contributed by atoms with Gasteiger partial charge in [-0.3, -0.25) is 4.79 Å². The molecule has 1 rings (SSSR count). The lowest BCUT2D eigenvalue weighted by molar-refractivity contribution is 0.0619. The van der Waals surface area contributed by atoms with Crippen molar-refractivity contribution in [2.24, 2.45) is 5.73 Å². The van der Waals surface area contributed by atoms with Crippen molar-refractivity contribution >= 4 is 18.3 Å². The molecule has 4 nitrogen and oxygen atoms in total. The summed E-state index contributed by atoms with van der Waals surface area (Å²) < 4.78 is 28.9. The number of halogens is 3. The average molecular weight is 255 g/mol. The Bertz CT molecular complexity index is 344. The third kappa shape index (κ3) is 3.79. The zero-order valence-electron chi connectivity index (χ0n) is 8.65. The molecule has 16 heavy (non-hydrogen) atoms. The fraction of sp³-hybridized carbons (Fsp3) is 0.444. The van der Waals surface area contributed by atoms with Crippen LogP contribution in [-0.4, -0.2) is 30.8 Å². The maximum atomic E-state index is 12.0. The molecule has 1 aromatic rings. The molecule has 0 aromatic carbocycles. The fourth-order valence-corrected chi connectivity index (χ4v) is 1.11. The van der Waals surface area contributed by atoms with Crippen molar-refractivity contribution in [1.82, 2.24) is 4.90 Å². The Balaban J connectivity index is 0.00000225. The summed E-state index contributed by atoms with van der Waals surface area (Å²) in [5.41, 5.74) is 5.52. The number of hydrogen-bond acceptors (Lipinski definition) is 3. The normalized spacial score (nSPS) is 10.1. The molecule has 0 spiro atoms. The van der Waals surface area contributed by atoms with Gasteiger partial charge in [0.2, 0.25) is 0 Å². The van der Waals surface area contributed by atoms with Crippen molar-refractivity contribution in [3.05, 3.63) is 23.7 Å². The van der Waals surface area contributed by atoms with Gasteiger partial charge < -0.3 is 15.1 Å². The minimum atomic E-state index is -2.54. The van der Waals surface area contributed by atoms with Gasteiger partial charge in [-0.05, 0) is 6.07 Å². The lowest BCUT2D eigenvalue weighted by atomic mass is 10.2. The molecular formula is C9H13ClF2N2O2. The lowest BCUT2D eigenvalue weighted by Crippen LogP contribution is -2.30. The van der Waals surface area contributed by atoms with Crippen molar-refractivity contribution in [2.75, 3.05) is 13.6 Å². The molecule has 2 N–H and O–H groups in total. The molecule has 0 saturated heterocycles. The second-order valence-corrected chi connectivity index (χ2v) is 3.08. The topological polar surface area (TPSA) is 59.5 Å². The molecule has 0 bridgehead atoms. The summed E-state index contributed by atoms with van der Waals surface area (Å²) in [4.78, 5) is 12.4. The van der Waals surface area contributed by atoms with E-state index in [2.05, 4.69) is 0 Å². The van der Waals surface area contributed by atoms with Gasteiger partial charge in [0.25, 0.3) is 12.3 Å². The second-order valence-electron chi connectivity index (χ2n) is 3.08. The highest BCUT2D eigenvalue weighted by Crippen LogP contribution is 2.10. The zero-order chi connectivity index (χ0) is 11.4. The second kappa shape index (κ2) is 6.44. The first-order valence-corrected chi connectivity index (χ1v) is 4.35. The molecule has 0 radical (unpaired) electrons. The Morgan fingerprint density at radius 2 is 2.25 bits per heavy atom. The standard InChI is InChI=1S/C9H12F2N2O2.ClH/c1-13(4-8(10)11)9(14)6-2-7(3-12)15-5-6;/h2,5,8H,3-4,12H2,1H3;1H. The fourth-order valence-electron chi connectivity index (χ4n) is 1.11. The summed E-state index contributed by atoms with van der Waals surface area (Å²) in [6, 6.07) is 1.45. The van der Waals surface area contributed by atoms with Crippen molar-refractivity contribution in [2.45, 2.75) is 13.0 Å². The number of nitrogens with zero attached hydrogens (tertiary/aromatic N) is 1. The summed E-state index contributed by atoms with van der Waals surface area (Å²) in [6.45, 7) is -0.423. The van der Waals surface area contributed by atoms with Crippen LogP contribution >= 0.6 is 12.4 Å². The Morgan fingerprint density at radius 1 is 1.62 bits per heavy atom. The third-order valence-corrected chi connectivity index (χ3v) is 1.86. The van der Waals surface area contributed by atoms with Gasteiger partial charge in [-0.2, -0.15) is 0 Å². The Labute approximate surface area is 97.8 Å². The van der Waals surface area contributed by atoms with Crippen LogP contribution in [0.3, 0.4) is 0 Å². The van der Waals surface area contributed by atoms with Gasteiger partial charge in [0, 0.05) is 7.05 Å². The van der Waals surface area contributed by atoms with Gasteiger partial charge in [-0.15, -0.1) is 12.4 Å². The number of alkyl halides is 2. The van der Waals surface area contributed by atoms with Crippen LogP contribution in [0.1, 0.15) is 16.1 Å². The van der Waals surface area contributed by atoms with Gasteiger partial charge in [0.15, 0.2) is 0 Å². The van der Waals surface area contributed by atoms with Gasteiger partial charge >= 0.3 is 0 Å². The minimum absolute atomic E-state index is 0. The van der Waals surface area contributed by atoms with Crippen LogP contribution in [0, 0.1) is 0 Å². The number of rotatable bonds is 4. The number of hydrogen-bond donors (Lipinski definition) is 1. The number of carbonyl (C=O) groups is 1. The maximum absolute atomic E-state index is 12.0. The molecule has 0 atom stereocenters. The number of amides is 1. The van der Waals surface area contributed by atoms with Crippen LogP contribution < -0.4 is 5.73 Å². The van der Waals surface area contributed by atoms with Crippen molar-refractivity contribution in [3.8, 4) is 0 Å². The van der Waals surface area contributed by atoms with E-state index in [1.165, 1.54) is 19.4 Å². The average Bonchev–Trinajstić information content (AvgIpc) is 2.63. The van der Waals surface area contributed by atoms with Crippen LogP contribution in [-0.2, 0) is 6.54 Å². The predicted octanol–water partition coefficient (Wildman–Crippen LogP) is 1.50. The maximum Gasteiger partial charge on any atom is 0.257 e. The van der Waals surface area contributed by atoms with E-state index in [-0.39, 0.29) is 24.5 Å². The lowest BCUT2D eigenvalue weighted by Gasteiger charge is -2.14. The first kappa shape index (κ1) is 14.9. The van der Waals surface area contributed by atoms with Crippen molar-refractivity contribution in [3.63, 3.8) is 0 Å². The van der Waals surface area contributed by atoms with Gasteiger partial charge in [0.05, 0.1) is 18.7 Å². The predicted molar refractivity (Wildman–Crippen MR) is 56.8 cm³/mol. The van der Waals surface area contributed by atoms with Crippen molar-refractivity contribution < 1.29 is 18.0 Å². The molecule has 0 saturated carbocycles. The van der Waals surface area contributed by atoms with E-state index in [9.17, 15) is 13.6 Å². The Kier molecular flexibility index (Phi) is 5.98. The number of furan rings is 1. The minimum Gasteiger partial charge on any atom is -0.467 e. The summed E-state index contributed by atoms with van der Waals surface area (Å²) >= 11 is 0. The van der Waals surface area contributed by atoms with Crippen LogP contribution in [0.5, 0.6) is 0 Å². The van der Waals surface area contributed by atoms with E-state index >= 15 is 0 Å². The van der Waals surface area contributed by atoms with Crippen LogP contribution in [0.4, 0.5) is 8.78 Å². The summed E-state index contributed by atoms with van der Waals surface area (Å²) in [5.74, 6) is -0.0532. The van der Waals surface area contributed by atoms with Gasteiger partial charge in [-0.1, -0.05) is 0 Å². The number of nitrogens with two attached hydrogens (primary N) is 1. The molecular weight excluding hydrogens is 242 g/mol. The largest absolute Gasteiger partial charge is 0.467 e. The molecule has 1 amide bonds. The highest BCUT2D eigenvalue weighted by Gasteiger charge is 2.17. The first-order valence-electron chi connectivity index (χ1n) is 4.35. The summed E-state index contributed by atoms with van der Waals surface area (Å²) in [6.07, 6.45) is -1.33. The monoisotopic (exact) mass is 254 g/mol. The van der Waals surface area contributed by atoms with E-state index in [0.29, 0.717) is 5.76 Å². The molecule has 0 fully saturated rings. The summed E-state index contributed by atoms with van der Waals surface area (Å²) in [5, 5.41) is 0. The molecule has 92 valence electrons. The zero-order valence-corrected chi connectivity index (χ0v) is 9.47. The highest BCUT2D eigenvalue weighted by molar-refractivity contribution is 5.93. The molecule has 1 aromatic heterocycles. The SMILES string of the molecule is CN(CC(F)F)C(=O)c1coc(CN)c1.Cl. The molecule has 0 unspecified atom stereocenters. The van der Waals surface area contributed by atoms with Crippen LogP contribution in [0.2, 0.25) is 0 Å². The summed E-state index contributed by atoms with van der Waals surface area (Å²) in [7, 11) is 1.31. The first-order chi connectivity index (χ1) is 7.04. The van der Waals surface area contributed by atoms with E-state index < -0.39 is 18.9 Å². The molecule has 0 aliphatic carbocycles. The van der Waals surface area contributed by atoms with Crippen LogP contribution in [0.15, 0.2) is 16.7 Å². The van der Waals surface area contributed by atoms with E-state index in [4.69, 9.17) is 10.2 Å². The third-order valence-electron chi connectivity index (χ3n) is 1.86. The molecule has 0 aliphatic heterocycles. The van der Waals surface area contributed by atoms with Gasteiger partial charge in [0.1, 0.15) is 12.0 Å². The van der Waals surface area contributed by atoms with E-state index in [1.54, 1.807) is 0 Å². The highest BCUT2D eigenvalue weighted by atomic mass is 35.5. The molecule has 1 heterocycles. The van der Waals surface area contributed by atoms with Crippen molar-refractivity contribution in [1.29, 1.82) is 0 Å². The quantitative estimate of drug-likeness (QED) is 0.886. The number of carbonyl (C=O) groups excluding carboxylic acids is 1. The van der Waals surface area contributed by atoms with Crippen LogP contribution in [0.25, 0.3) is 0 Å².